The number of benzene rings is 1. The molecule has 2 N–H and O–H groups in total. The molecule has 0 radical (unpaired) electrons. The Morgan fingerprint density at radius 3 is 2.66 bits per heavy atom. The summed E-state index contributed by atoms with van der Waals surface area (Å²) in [7, 11) is 0. The Labute approximate surface area is 180 Å². The first-order chi connectivity index (χ1) is 14.0. The molecule has 2 fully saturated rings. The van der Waals surface area contributed by atoms with Crippen LogP contribution in [-0.4, -0.2) is 16.4 Å². The Kier molecular flexibility index (Phi) is 4.72. The average molecular weight is 448 g/mol. The van der Waals surface area contributed by atoms with Gasteiger partial charge in [0.2, 0.25) is 0 Å². The number of hydrogen-bond acceptors (Lipinski definition) is 6. The molecule has 4 heterocycles. The normalized spacial score (nSPS) is 22.7. The summed E-state index contributed by atoms with van der Waals surface area (Å²) in [6, 6.07) is 10.8. The number of carbonyl (C=O) groups is 1. The Balaban J connectivity index is 1.34. The predicted octanol–water partition coefficient (Wildman–Crippen LogP) is 5.16. The van der Waals surface area contributed by atoms with E-state index in [-0.39, 0.29) is 17.6 Å². The number of amides is 1. The molecule has 9 heteroatoms. The van der Waals surface area contributed by atoms with Crippen LogP contribution in [-0.2, 0) is 4.79 Å². The van der Waals surface area contributed by atoms with Crippen LogP contribution >= 0.6 is 35.0 Å². The molecule has 2 atom stereocenters. The molecule has 0 spiro atoms. The summed E-state index contributed by atoms with van der Waals surface area (Å²) in [5, 5.41) is 6.04. The van der Waals surface area contributed by atoms with Crippen LogP contribution in [0.25, 0.3) is 17.4 Å². The first kappa shape index (κ1) is 18.8. The van der Waals surface area contributed by atoms with Gasteiger partial charge in [-0.25, -0.2) is 10.4 Å². The van der Waals surface area contributed by atoms with Crippen LogP contribution in [0.4, 0.5) is 0 Å². The van der Waals surface area contributed by atoms with Crippen LogP contribution in [0.15, 0.2) is 56.4 Å². The van der Waals surface area contributed by atoms with Crippen molar-refractivity contribution in [3.05, 3.63) is 74.7 Å². The largest absolute Gasteiger partial charge is 0.469 e. The highest BCUT2D eigenvalue weighted by Gasteiger charge is 2.44. The van der Waals surface area contributed by atoms with Gasteiger partial charge in [-0.2, -0.15) is 0 Å². The number of rotatable bonds is 3. The van der Waals surface area contributed by atoms with E-state index in [1.54, 1.807) is 35.5 Å². The van der Waals surface area contributed by atoms with Crippen molar-refractivity contribution in [2.24, 2.45) is 0 Å². The average Bonchev–Trinajstić information content (AvgIpc) is 3.42. The molecule has 2 unspecified atom stereocenters. The van der Waals surface area contributed by atoms with Crippen molar-refractivity contribution in [1.82, 2.24) is 15.8 Å². The Morgan fingerprint density at radius 2 is 1.97 bits per heavy atom. The molecule has 2 saturated heterocycles. The van der Waals surface area contributed by atoms with Gasteiger partial charge in [-0.1, -0.05) is 35.0 Å². The van der Waals surface area contributed by atoms with Crippen molar-refractivity contribution >= 4 is 46.9 Å². The van der Waals surface area contributed by atoms with Gasteiger partial charge in [0, 0.05) is 27.2 Å². The number of nitrogens with one attached hydrogen (secondary N) is 2. The van der Waals surface area contributed by atoms with Crippen molar-refractivity contribution in [3.8, 4) is 11.3 Å². The molecule has 1 amide bonds. The summed E-state index contributed by atoms with van der Waals surface area (Å²) in [6.45, 7) is 1.89. The Morgan fingerprint density at radius 1 is 1.17 bits per heavy atom. The minimum atomic E-state index is -0.200. The van der Waals surface area contributed by atoms with E-state index >= 15 is 0 Å². The number of carbonyl (C=O) groups excluding carboxylic acids is 1. The zero-order chi connectivity index (χ0) is 20.1. The van der Waals surface area contributed by atoms with E-state index in [1.165, 1.54) is 11.8 Å². The van der Waals surface area contributed by atoms with Gasteiger partial charge in [-0.15, -0.1) is 0 Å². The summed E-state index contributed by atoms with van der Waals surface area (Å²) in [4.78, 5) is 13.4. The van der Waals surface area contributed by atoms with Gasteiger partial charge in [0.15, 0.2) is 5.50 Å². The lowest BCUT2D eigenvalue weighted by molar-refractivity contribution is -0.127. The van der Waals surface area contributed by atoms with Crippen LogP contribution in [0.5, 0.6) is 0 Å². The highest BCUT2D eigenvalue weighted by molar-refractivity contribution is 8.05. The third kappa shape index (κ3) is 3.49. The van der Waals surface area contributed by atoms with Crippen LogP contribution in [0.3, 0.4) is 0 Å². The van der Waals surface area contributed by atoms with Crippen LogP contribution < -0.4 is 10.7 Å². The van der Waals surface area contributed by atoms with Gasteiger partial charge in [-0.3, -0.25) is 10.1 Å². The first-order valence-corrected chi connectivity index (χ1v) is 10.5. The number of hydrazine groups is 1. The summed E-state index contributed by atoms with van der Waals surface area (Å²) in [5.74, 6) is 1.91. The van der Waals surface area contributed by atoms with E-state index in [9.17, 15) is 4.79 Å². The van der Waals surface area contributed by atoms with Gasteiger partial charge < -0.3 is 8.83 Å². The Bertz CT molecular complexity index is 1120. The fourth-order valence-electron chi connectivity index (χ4n) is 3.36. The van der Waals surface area contributed by atoms with Gasteiger partial charge in [0.1, 0.15) is 23.4 Å². The maximum atomic E-state index is 12.8. The minimum absolute atomic E-state index is 0.111. The van der Waals surface area contributed by atoms with Crippen molar-refractivity contribution in [3.63, 3.8) is 0 Å². The number of hydrogen-bond donors (Lipinski definition) is 2. The molecular weight excluding hydrogens is 433 g/mol. The molecule has 148 valence electrons. The zero-order valence-electron chi connectivity index (χ0n) is 15.1. The second kappa shape index (κ2) is 7.27. The van der Waals surface area contributed by atoms with Crippen molar-refractivity contribution in [1.29, 1.82) is 0 Å². The van der Waals surface area contributed by atoms with Gasteiger partial charge in [-0.05, 0) is 43.3 Å². The summed E-state index contributed by atoms with van der Waals surface area (Å²) in [5.41, 5.74) is 4.75. The third-order valence-electron chi connectivity index (χ3n) is 4.74. The Hall–Kier alpha value is -2.16. The zero-order valence-corrected chi connectivity index (χ0v) is 17.4. The van der Waals surface area contributed by atoms with Crippen molar-refractivity contribution < 1.29 is 13.6 Å². The number of halogens is 2. The number of aryl methyl sites for hydroxylation is 1. The van der Waals surface area contributed by atoms with E-state index < -0.39 is 0 Å². The molecule has 0 aliphatic carbocycles. The summed E-state index contributed by atoms with van der Waals surface area (Å²) in [6.07, 6.45) is 3.21. The van der Waals surface area contributed by atoms with E-state index in [0.717, 1.165) is 16.9 Å². The second-order valence-corrected chi connectivity index (χ2v) is 8.67. The lowest BCUT2D eigenvalue weighted by Gasteiger charge is -2.13. The third-order valence-corrected chi connectivity index (χ3v) is 6.29. The van der Waals surface area contributed by atoms with Crippen LogP contribution in [0, 0.1) is 6.92 Å². The molecule has 2 aromatic heterocycles. The molecular formula is C20H15Cl2N3O3S. The number of fused-ring (bicyclic) bond motifs is 1. The van der Waals surface area contributed by atoms with Crippen LogP contribution in [0.2, 0.25) is 10.0 Å². The first-order valence-electron chi connectivity index (χ1n) is 8.82. The SMILES string of the molecule is Cc1occc1C1NC2S/C(=C\c3ccc(-c4cc(Cl)cc(Cl)c4)o3)C(=O)N2N1. The molecule has 1 aromatic carbocycles. The molecule has 29 heavy (non-hydrogen) atoms. The van der Waals surface area contributed by atoms with E-state index in [4.69, 9.17) is 32.0 Å². The van der Waals surface area contributed by atoms with Crippen molar-refractivity contribution in [2.75, 3.05) is 0 Å². The van der Waals surface area contributed by atoms with E-state index in [1.807, 2.05) is 25.1 Å². The summed E-state index contributed by atoms with van der Waals surface area (Å²) < 4.78 is 11.2. The molecule has 0 bridgehead atoms. The van der Waals surface area contributed by atoms with E-state index in [2.05, 4.69) is 10.7 Å². The number of thioether (sulfide) groups is 1. The lowest BCUT2D eigenvalue weighted by Crippen LogP contribution is -2.37. The summed E-state index contributed by atoms with van der Waals surface area (Å²) >= 11 is 13.6. The van der Waals surface area contributed by atoms with Gasteiger partial charge in [0.05, 0.1) is 11.2 Å². The molecule has 2 aliphatic heterocycles. The number of furan rings is 2. The standard InChI is InChI=1S/C20H15Cl2N3O3S/c1-10-15(4-5-27-10)18-23-20-25(24-18)19(26)17(29-20)9-14-2-3-16(28-14)11-6-12(21)8-13(22)7-11/h2-9,18,20,23-24H,1H3/b17-9-. The predicted molar refractivity (Wildman–Crippen MR) is 113 cm³/mol. The fraction of sp³-hybridized carbons (Fsp3) is 0.150. The smallest absolute Gasteiger partial charge is 0.276 e. The molecule has 0 saturated carbocycles. The fourth-order valence-corrected chi connectivity index (χ4v) is 4.98. The highest BCUT2D eigenvalue weighted by atomic mass is 35.5. The van der Waals surface area contributed by atoms with Crippen LogP contribution in [0.1, 0.15) is 23.2 Å². The second-order valence-electron chi connectivity index (χ2n) is 6.68. The van der Waals surface area contributed by atoms with E-state index in [0.29, 0.717) is 26.5 Å². The molecule has 3 aromatic rings. The lowest BCUT2D eigenvalue weighted by atomic mass is 10.2. The minimum Gasteiger partial charge on any atom is -0.469 e. The molecule has 2 aliphatic rings. The molecule has 5 rings (SSSR count). The monoisotopic (exact) mass is 447 g/mol. The maximum absolute atomic E-state index is 12.8. The van der Waals surface area contributed by atoms with Gasteiger partial charge in [0.25, 0.3) is 5.91 Å². The molecule has 6 nitrogen and oxygen atoms in total. The highest BCUT2D eigenvalue weighted by Crippen LogP contribution is 2.39. The topological polar surface area (TPSA) is 70.7 Å². The maximum Gasteiger partial charge on any atom is 0.276 e. The van der Waals surface area contributed by atoms with Gasteiger partial charge >= 0.3 is 0 Å². The van der Waals surface area contributed by atoms with Crippen molar-refractivity contribution in [2.45, 2.75) is 18.6 Å². The number of nitrogens with zero attached hydrogens (tertiary/aromatic N) is 1. The quantitative estimate of drug-likeness (QED) is 0.540.